The van der Waals surface area contributed by atoms with E-state index in [9.17, 15) is 22.4 Å². The molecule has 1 aromatic rings. The molecule has 2 N–H and O–H groups in total. The molecule has 0 spiro atoms. The number of halogens is 5. The van der Waals surface area contributed by atoms with Crippen LogP contribution in [0.2, 0.25) is 0 Å². The summed E-state index contributed by atoms with van der Waals surface area (Å²) in [5.74, 6) is -1.80. The topological polar surface area (TPSA) is 83.8 Å². The van der Waals surface area contributed by atoms with Crippen LogP contribution in [0.5, 0.6) is 0 Å². The van der Waals surface area contributed by atoms with Crippen LogP contribution in [0.4, 0.5) is 22.4 Å². The Morgan fingerprint density at radius 3 is 2.58 bits per heavy atom. The Morgan fingerprint density at radius 1 is 1.42 bits per heavy atom. The van der Waals surface area contributed by atoms with Gasteiger partial charge in [0.1, 0.15) is 27.5 Å². The first kappa shape index (κ1) is 18.6. The van der Waals surface area contributed by atoms with Crippen LogP contribution in [0.25, 0.3) is 0 Å². The van der Waals surface area contributed by atoms with Crippen LogP contribution in [0, 0.1) is 5.82 Å². The fourth-order valence-corrected chi connectivity index (χ4v) is 2.43. The standard InChI is InChI=1S/C13H12BrF4N3O3/c1-11(8-6(15)3-4-7(14)19-8)5-24-12(2,13(16,17)18)9(21-11)20-10(22)23/h3-4H,5H2,1-2H3,(H,20,21)(H,22,23)/t11-,12+/m0/s1. The summed E-state index contributed by atoms with van der Waals surface area (Å²) in [6, 6.07) is 2.38. The van der Waals surface area contributed by atoms with E-state index in [0.717, 1.165) is 6.07 Å². The Labute approximate surface area is 142 Å². The molecule has 2 atom stereocenters. The van der Waals surface area contributed by atoms with Crippen molar-refractivity contribution in [3.8, 4) is 0 Å². The molecule has 1 aromatic heterocycles. The summed E-state index contributed by atoms with van der Waals surface area (Å²) >= 11 is 3.04. The first-order valence-corrected chi connectivity index (χ1v) is 7.32. The molecule has 0 aromatic carbocycles. The second kappa shape index (κ2) is 5.96. The highest BCUT2D eigenvalue weighted by Gasteiger charge is 2.60. The number of ether oxygens (including phenoxy) is 1. The maximum absolute atomic E-state index is 14.0. The Morgan fingerprint density at radius 2 is 2.04 bits per heavy atom. The van der Waals surface area contributed by atoms with Gasteiger partial charge in [0.2, 0.25) is 5.60 Å². The lowest BCUT2D eigenvalue weighted by Crippen LogP contribution is -2.62. The van der Waals surface area contributed by atoms with E-state index in [0.29, 0.717) is 6.92 Å². The fraction of sp³-hybridized carbons (Fsp3) is 0.462. The van der Waals surface area contributed by atoms with Gasteiger partial charge >= 0.3 is 12.3 Å². The first-order valence-electron chi connectivity index (χ1n) is 6.52. The predicted molar refractivity (Wildman–Crippen MR) is 78.3 cm³/mol. The lowest BCUT2D eigenvalue weighted by molar-refractivity contribution is -0.250. The second-order valence-corrected chi connectivity index (χ2v) is 6.26. The van der Waals surface area contributed by atoms with Crippen molar-refractivity contribution < 1.29 is 32.2 Å². The summed E-state index contributed by atoms with van der Waals surface area (Å²) in [4.78, 5) is 18.5. The number of alkyl halides is 3. The number of amides is 1. The quantitative estimate of drug-likeness (QED) is 0.546. The zero-order valence-electron chi connectivity index (χ0n) is 12.4. The third kappa shape index (κ3) is 3.22. The molecule has 1 aliphatic rings. The largest absolute Gasteiger partial charge is 0.465 e. The molecule has 0 radical (unpaired) electrons. The Bertz CT molecular complexity index is 712. The molecule has 0 saturated heterocycles. The van der Waals surface area contributed by atoms with E-state index in [4.69, 9.17) is 9.84 Å². The van der Waals surface area contributed by atoms with Gasteiger partial charge < -0.3 is 9.84 Å². The molecular formula is C13H12BrF4N3O3. The Hall–Kier alpha value is -1.75. The van der Waals surface area contributed by atoms with Crippen LogP contribution in [0.3, 0.4) is 0 Å². The highest BCUT2D eigenvalue weighted by Crippen LogP contribution is 2.41. The van der Waals surface area contributed by atoms with Gasteiger partial charge in [-0.2, -0.15) is 13.2 Å². The lowest BCUT2D eigenvalue weighted by Gasteiger charge is -2.41. The predicted octanol–water partition coefficient (Wildman–Crippen LogP) is 3.22. The van der Waals surface area contributed by atoms with Gasteiger partial charge in [-0.05, 0) is 41.9 Å². The Balaban J connectivity index is 2.60. The highest BCUT2D eigenvalue weighted by molar-refractivity contribution is 9.10. The van der Waals surface area contributed by atoms with Crippen LogP contribution in [-0.4, -0.2) is 40.4 Å². The summed E-state index contributed by atoms with van der Waals surface area (Å²) < 4.78 is 59.1. The zero-order chi connectivity index (χ0) is 18.3. The second-order valence-electron chi connectivity index (χ2n) is 5.45. The van der Waals surface area contributed by atoms with Crippen molar-refractivity contribution >= 4 is 27.9 Å². The van der Waals surface area contributed by atoms with Crippen LogP contribution in [-0.2, 0) is 10.3 Å². The van der Waals surface area contributed by atoms with Crippen molar-refractivity contribution in [3.63, 3.8) is 0 Å². The van der Waals surface area contributed by atoms with Crippen molar-refractivity contribution in [1.29, 1.82) is 0 Å². The van der Waals surface area contributed by atoms with Gasteiger partial charge in [0.15, 0.2) is 0 Å². The third-order valence-corrected chi connectivity index (χ3v) is 3.98. The van der Waals surface area contributed by atoms with Crippen molar-refractivity contribution in [2.45, 2.75) is 31.2 Å². The number of nitrogens with zero attached hydrogens (tertiary/aromatic N) is 2. The minimum atomic E-state index is -4.93. The van der Waals surface area contributed by atoms with Crippen LogP contribution >= 0.6 is 15.9 Å². The van der Waals surface area contributed by atoms with Crippen molar-refractivity contribution in [2.75, 3.05) is 6.61 Å². The molecule has 0 fully saturated rings. The summed E-state index contributed by atoms with van der Waals surface area (Å²) in [6.45, 7) is 1.30. The molecule has 0 aliphatic carbocycles. The summed E-state index contributed by atoms with van der Waals surface area (Å²) in [6.07, 6.45) is -6.68. The molecule has 24 heavy (non-hydrogen) atoms. The monoisotopic (exact) mass is 413 g/mol. The maximum Gasteiger partial charge on any atom is 0.424 e. The first-order chi connectivity index (χ1) is 10.9. The molecule has 2 heterocycles. The highest BCUT2D eigenvalue weighted by atomic mass is 79.9. The number of nitrogens with one attached hydrogen (secondary N) is 1. The zero-order valence-corrected chi connectivity index (χ0v) is 14.0. The van der Waals surface area contributed by atoms with Crippen LogP contribution < -0.4 is 5.32 Å². The molecule has 6 nitrogen and oxygen atoms in total. The Kier molecular flexibility index (Phi) is 4.61. The van der Waals surface area contributed by atoms with Gasteiger partial charge in [-0.15, -0.1) is 0 Å². The SMILES string of the molecule is C[C@@]1(c2nc(Br)ccc2F)CO[C@@](C)(C(F)(F)F)C(NC(=O)O)=N1. The van der Waals surface area contributed by atoms with Gasteiger partial charge in [0.05, 0.1) is 6.61 Å². The van der Waals surface area contributed by atoms with E-state index in [1.54, 1.807) is 5.32 Å². The lowest BCUT2D eigenvalue weighted by atomic mass is 9.93. The summed E-state index contributed by atoms with van der Waals surface area (Å²) in [7, 11) is 0. The third-order valence-electron chi connectivity index (χ3n) is 3.54. The van der Waals surface area contributed by atoms with Gasteiger partial charge in [-0.1, -0.05) is 0 Å². The molecule has 2 rings (SSSR count). The number of rotatable bonds is 1. The van der Waals surface area contributed by atoms with Crippen molar-refractivity contribution in [3.05, 3.63) is 28.2 Å². The van der Waals surface area contributed by atoms with Crippen LogP contribution in [0.1, 0.15) is 19.5 Å². The maximum atomic E-state index is 14.0. The van der Waals surface area contributed by atoms with E-state index >= 15 is 0 Å². The van der Waals surface area contributed by atoms with E-state index in [1.165, 1.54) is 13.0 Å². The van der Waals surface area contributed by atoms with Gasteiger partial charge in [0.25, 0.3) is 0 Å². The number of carbonyl (C=O) groups is 1. The number of aromatic nitrogens is 1. The molecule has 0 saturated carbocycles. The molecule has 11 heteroatoms. The molecular weight excluding hydrogens is 402 g/mol. The van der Waals surface area contributed by atoms with Crippen molar-refractivity contribution in [2.24, 2.45) is 4.99 Å². The van der Waals surface area contributed by atoms with Crippen molar-refractivity contribution in [1.82, 2.24) is 10.3 Å². The normalized spacial score (nSPS) is 27.5. The average Bonchev–Trinajstić information content (AvgIpc) is 2.44. The van der Waals surface area contributed by atoms with Gasteiger partial charge in [-0.25, -0.2) is 14.2 Å². The van der Waals surface area contributed by atoms with E-state index in [2.05, 4.69) is 25.9 Å². The summed E-state index contributed by atoms with van der Waals surface area (Å²) in [5, 5.41) is 10.4. The minimum Gasteiger partial charge on any atom is -0.465 e. The summed E-state index contributed by atoms with van der Waals surface area (Å²) in [5.41, 5.74) is -4.88. The molecule has 0 unspecified atom stereocenters. The van der Waals surface area contributed by atoms with E-state index < -0.39 is 41.7 Å². The number of amidine groups is 1. The van der Waals surface area contributed by atoms with Crippen LogP contribution in [0.15, 0.2) is 21.7 Å². The van der Waals surface area contributed by atoms with Gasteiger partial charge in [0, 0.05) is 0 Å². The minimum absolute atomic E-state index is 0.243. The molecule has 1 aliphatic heterocycles. The number of hydrogen-bond acceptors (Lipinski definition) is 4. The number of pyridine rings is 1. The van der Waals surface area contributed by atoms with E-state index in [-0.39, 0.29) is 10.3 Å². The smallest absolute Gasteiger partial charge is 0.424 e. The fourth-order valence-electron chi connectivity index (χ4n) is 2.12. The molecule has 132 valence electrons. The van der Waals surface area contributed by atoms with E-state index in [1.807, 2.05) is 0 Å². The molecule has 0 bridgehead atoms. The molecule has 1 amide bonds. The number of aliphatic imine (C=N–C) groups is 1. The number of hydrogen-bond donors (Lipinski definition) is 2. The number of carboxylic acid groups (broad SMARTS) is 1. The average molecular weight is 414 g/mol. The van der Waals surface area contributed by atoms with Gasteiger partial charge in [-0.3, -0.25) is 10.3 Å².